The van der Waals surface area contributed by atoms with E-state index in [1.54, 1.807) is 26.0 Å². The number of benzene rings is 1. The van der Waals surface area contributed by atoms with E-state index in [1.165, 1.54) is 11.3 Å². The molecule has 0 aliphatic heterocycles. The number of carbonyl (C=O) groups is 1. The fourth-order valence-corrected chi connectivity index (χ4v) is 3.07. The highest BCUT2D eigenvalue weighted by Gasteiger charge is 2.20. The standard InChI is InChI=1S/C14H11ClN2O3S/c1-3-19-14(18)12-7(2)16-13(21-12)11-9-5-4-8(15)6-10(9)20-17-11/h4-6H,3H2,1-2H3. The van der Waals surface area contributed by atoms with Gasteiger partial charge in [0.2, 0.25) is 0 Å². The Morgan fingerprint density at radius 3 is 3.05 bits per heavy atom. The Morgan fingerprint density at radius 1 is 1.48 bits per heavy atom. The maximum atomic E-state index is 11.8. The molecule has 108 valence electrons. The second-order valence-electron chi connectivity index (χ2n) is 4.33. The average molecular weight is 323 g/mol. The van der Waals surface area contributed by atoms with Crippen LogP contribution in [0, 0.1) is 6.92 Å². The van der Waals surface area contributed by atoms with Gasteiger partial charge in [-0.2, -0.15) is 0 Å². The highest BCUT2D eigenvalue weighted by atomic mass is 35.5. The SMILES string of the molecule is CCOC(=O)c1sc(-c2noc3cc(Cl)ccc23)nc1C. The topological polar surface area (TPSA) is 65.2 Å². The van der Waals surface area contributed by atoms with Gasteiger partial charge >= 0.3 is 5.97 Å². The van der Waals surface area contributed by atoms with Crippen LogP contribution in [0.2, 0.25) is 5.02 Å². The maximum absolute atomic E-state index is 11.8. The number of carbonyl (C=O) groups excluding carboxylic acids is 1. The summed E-state index contributed by atoms with van der Waals surface area (Å²) in [7, 11) is 0. The van der Waals surface area contributed by atoms with Gasteiger partial charge in [-0.05, 0) is 26.0 Å². The number of rotatable bonds is 3. The van der Waals surface area contributed by atoms with Crippen molar-refractivity contribution >= 4 is 39.9 Å². The van der Waals surface area contributed by atoms with Crippen LogP contribution in [0.1, 0.15) is 22.3 Å². The van der Waals surface area contributed by atoms with E-state index in [4.69, 9.17) is 20.9 Å². The first-order chi connectivity index (χ1) is 10.1. The van der Waals surface area contributed by atoms with Crippen molar-refractivity contribution in [1.29, 1.82) is 0 Å². The minimum atomic E-state index is -0.366. The molecule has 0 amide bonds. The van der Waals surface area contributed by atoms with Gasteiger partial charge in [0.25, 0.3) is 0 Å². The van der Waals surface area contributed by atoms with E-state index >= 15 is 0 Å². The van der Waals surface area contributed by atoms with Crippen molar-refractivity contribution < 1.29 is 14.1 Å². The molecule has 0 bridgehead atoms. The van der Waals surface area contributed by atoms with Crippen LogP contribution < -0.4 is 0 Å². The van der Waals surface area contributed by atoms with Gasteiger partial charge in [-0.1, -0.05) is 16.8 Å². The summed E-state index contributed by atoms with van der Waals surface area (Å²) in [5, 5.41) is 6.04. The molecule has 0 N–H and O–H groups in total. The van der Waals surface area contributed by atoms with Crippen molar-refractivity contribution in [2.24, 2.45) is 0 Å². The van der Waals surface area contributed by atoms with Crippen LogP contribution in [0.3, 0.4) is 0 Å². The van der Waals surface area contributed by atoms with E-state index in [0.717, 1.165) is 5.39 Å². The number of ether oxygens (including phenoxy) is 1. The molecule has 2 aromatic heterocycles. The molecular weight excluding hydrogens is 312 g/mol. The number of thiazole rings is 1. The van der Waals surface area contributed by atoms with Crippen LogP contribution in [-0.2, 0) is 4.74 Å². The number of hydrogen-bond acceptors (Lipinski definition) is 6. The number of hydrogen-bond donors (Lipinski definition) is 0. The normalized spacial score (nSPS) is 11.0. The number of nitrogens with zero attached hydrogens (tertiary/aromatic N) is 2. The number of fused-ring (bicyclic) bond motifs is 1. The third-order valence-electron chi connectivity index (χ3n) is 2.89. The lowest BCUT2D eigenvalue weighted by Crippen LogP contribution is -2.03. The summed E-state index contributed by atoms with van der Waals surface area (Å²) in [5.74, 6) is -0.366. The zero-order valence-corrected chi connectivity index (χ0v) is 12.9. The Labute approximate surface area is 129 Å². The molecule has 0 fully saturated rings. The zero-order chi connectivity index (χ0) is 15.0. The molecule has 0 atom stereocenters. The van der Waals surface area contributed by atoms with Crippen molar-refractivity contribution in [2.45, 2.75) is 13.8 Å². The second kappa shape index (κ2) is 5.46. The summed E-state index contributed by atoms with van der Waals surface area (Å²) < 4.78 is 10.3. The van der Waals surface area contributed by atoms with Crippen LogP contribution in [0.15, 0.2) is 22.7 Å². The van der Waals surface area contributed by atoms with Crippen molar-refractivity contribution in [3.63, 3.8) is 0 Å². The highest BCUT2D eigenvalue weighted by Crippen LogP contribution is 2.33. The van der Waals surface area contributed by atoms with E-state index in [0.29, 0.717) is 38.5 Å². The third-order valence-corrected chi connectivity index (χ3v) is 4.27. The molecule has 0 unspecified atom stereocenters. The van der Waals surface area contributed by atoms with Crippen LogP contribution in [0.4, 0.5) is 0 Å². The van der Waals surface area contributed by atoms with Crippen LogP contribution in [-0.4, -0.2) is 22.7 Å². The van der Waals surface area contributed by atoms with Gasteiger partial charge < -0.3 is 9.26 Å². The Bertz CT molecular complexity index is 825. The Hall–Kier alpha value is -1.92. The minimum absolute atomic E-state index is 0.330. The molecular formula is C14H11ClN2O3S. The van der Waals surface area contributed by atoms with E-state index in [-0.39, 0.29) is 5.97 Å². The van der Waals surface area contributed by atoms with Gasteiger partial charge in [-0.25, -0.2) is 9.78 Å². The molecule has 3 rings (SSSR count). The molecule has 0 spiro atoms. The Morgan fingerprint density at radius 2 is 2.29 bits per heavy atom. The van der Waals surface area contributed by atoms with E-state index < -0.39 is 0 Å². The molecule has 1 aromatic carbocycles. The maximum Gasteiger partial charge on any atom is 0.350 e. The molecule has 21 heavy (non-hydrogen) atoms. The fraction of sp³-hybridized carbons (Fsp3) is 0.214. The molecule has 7 heteroatoms. The Balaban J connectivity index is 2.07. The van der Waals surface area contributed by atoms with Crippen molar-refractivity contribution in [2.75, 3.05) is 6.61 Å². The van der Waals surface area contributed by atoms with E-state index in [2.05, 4.69) is 10.1 Å². The first-order valence-electron chi connectivity index (χ1n) is 6.30. The van der Waals surface area contributed by atoms with Gasteiger partial charge in [0, 0.05) is 11.1 Å². The third kappa shape index (κ3) is 2.52. The lowest BCUT2D eigenvalue weighted by atomic mass is 10.2. The molecule has 3 aromatic rings. The number of aryl methyl sites for hydroxylation is 1. The number of aromatic nitrogens is 2. The minimum Gasteiger partial charge on any atom is -0.462 e. The highest BCUT2D eigenvalue weighted by molar-refractivity contribution is 7.17. The first kappa shape index (κ1) is 14.0. The monoisotopic (exact) mass is 322 g/mol. The lowest BCUT2D eigenvalue weighted by molar-refractivity contribution is 0.0531. The molecule has 2 heterocycles. The Kier molecular flexibility index (Phi) is 3.65. The van der Waals surface area contributed by atoms with Gasteiger partial charge in [-0.15, -0.1) is 11.3 Å². The summed E-state index contributed by atoms with van der Waals surface area (Å²) in [6.45, 7) is 3.87. The van der Waals surface area contributed by atoms with Gasteiger partial charge in [0.15, 0.2) is 5.58 Å². The zero-order valence-electron chi connectivity index (χ0n) is 11.3. The number of esters is 1. The predicted molar refractivity (Wildman–Crippen MR) is 80.8 cm³/mol. The summed E-state index contributed by atoms with van der Waals surface area (Å²) in [4.78, 5) is 16.7. The first-order valence-corrected chi connectivity index (χ1v) is 7.49. The van der Waals surface area contributed by atoms with Crippen molar-refractivity contribution in [1.82, 2.24) is 10.1 Å². The van der Waals surface area contributed by atoms with Crippen LogP contribution >= 0.6 is 22.9 Å². The molecule has 0 aliphatic rings. The van der Waals surface area contributed by atoms with Crippen LogP contribution in [0.25, 0.3) is 21.7 Å². The summed E-state index contributed by atoms with van der Waals surface area (Å²) in [5.41, 5.74) is 1.81. The summed E-state index contributed by atoms with van der Waals surface area (Å²) in [6, 6.07) is 5.28. The fourth-order valence-electron chi connectivity index (χ4n) is 1.95. The van der Waals surface area contributed by atoms with E-state index in [9.17, 15) is 4.79 Å². The van der Waals surface area contributed by atoms with E-state index in [1.807, 2.05) is 6.07 Å². The lowest BCUT2D eigenvalue weighted by Gasteiger charge is -1.97. The predicted octanol–water partition coefficient (Wildman–Crippen LogP) is 4.09. The second-order valence-corrected chi connectivity index (χ2v) is 5.76. The summed E-state index contributed by atoms with van der Waals surface area (Å²) >= 11 is 7.16. The van der Waals surface area contributed by atoms with Crippen molar-refractivity contribution in [3.8, 4) is 10.7 Å². The van der Waals surface area contributed by atoms with Gasteiger partial charge in [-0.3, -0.25) is 0 Å². The molecule has 0 radical (unpaired) electrons. The number of halogens is 1. The van der Waals surface area contributed by atoms with Crippen molar-refractivity contribution in [3.05, 3.63) is 33.8 Å². The molecule has 0 aliphatic carbocycles. The van der Waals surface area contributed by atoms with Crippen LogP contribution in [0.5, 0.6) is 0 Å². The molecule has 0 saturated carbocycles. The van der Waals surface area contributed by atoms with Gasteiger partial charge in [0.05, 0.1) is 17.7 Å². The average Bonchev–Trinajstić information content (AvgIpc) is 3.01. The largest absolute Gasteiger partial charge is 0.462 e. The quantitative estimate of drug-likeness (QED) is 0.679. The molecule has 0 saturated heterocycles. The summed E-state index contributed by atoms with van der Waals surface area (Å²) in [6.07, 6.45) is 0. The van der Waals surface area contributed by atoms with Gasteiger partial charge in [0.1, 0.15) is 15.6 Å². The smallest absolute Gasteiger partial charge is 0.350 e. The molecule has 5 nitrogen and oxygen atoms in total.